The van der Waals surface area contributed by atoms with Gasteiger partial charge in [-0.3, -0.25) is 19.4 Å². The summed E-state index contributed by atoms with van der Waals surface area (Å²) in [4.78, 5) is 42.0. The van der Waals surface area contributed by atoms with Crippen molar-refractivity contribution in [1.82, 2.24) is 0 Å². The number of hydrogen-bond acceptors (Lipinski definition) is 6. The van der Waals surface area contributed by atoms with Gasteiger partial charge < -0.3 is 9.47 Å². The molecule has 6 heteroatoms. The van der Waals surface area contributed by atoms with Crippen molar-refractivity contribution in [3.05, 3.63) is 41.1 Å². The molecule has 30 heavy (non-hydrogen) atoms. The maximum atomic E-state index is 13.2. The van der Waals surface area contributed by atoms with Gasteiger partial charge in [-0.15, -0.1) is 0 Å². The Kier molecular flexibility index (Phi) is 5.84. The minimum absolute atomic E-state index is 0.0465. The average Bonchev–Trinajstić information content (AvgIpc) is 3.20. The van der Waals surface area contributed by atoms with Crippen molar-refractivity contribution < 1.29 is 23.9 Å². The van der Waals surface area contributed by atoms with Crippen LogP contribution < -0.4 is 4.74 Å². The highest BCUT2D eigenvalue weighted by atomic mass is 16.5. The fourth-order valence-corrected chi connectivity index (χ4v) is 4.82. The summed E-state index contributed by atoms with van der Waals surface area (Å²) in [5, 5.41) is 0. The van der Waals surface area contributed by atoms with E-state index in [2.05, 4.69) is 4.99 Å². The molecule has 2 aliphatic carbocycles. The summed E-state index contributed by atoms with van der Waals surface area (Å²) in [6.45, 7) is 3.20. The molecule has 1 aliphatic heterocycles. The molecule has 1 unspecified atom stereocenters. The summed E-state index contributed by atoms with van der Waals surface area (Å²) < 4.78 is 11.0. The fourth-order valence-electron chi connectivity index (χ4n) is 4.82. The van der Waals surface area contributed by atoms with Crippen molar-refractivity contribution in [1.29, 1.82) is 0 Å². The second-order valence-corrected chi connectivity index (χ2v) is 8.35. The van der Waals surface area contributed by atoms with Crippen molar-refractivity contribution >= 4 is 23.4 Å². The van der Waals surface area contributed by atoms with Crippen molar-refractivity contribution in [3.63, 3.8) is 0 Å². The first-order chi connectivity index (χ1) is 14.4. The third-order valence-electron chi connectivity index (χ3n) is 6.17. The van der Waals surface area contributed by atoms with Crippen molar-refractivity contribution in [2.75, 3.05) is 0 Å². The van der Waals surface area contributed by atoms with Gasteiger partial charge >= 0.3 is 11.9 Å². The number of esters is 2. The first-order valence-electron chi connectivity index (χ1n) is 10.7. The maximum Gasteiger partial charge on any atom is 0.315 e. The third-order valence-corrected chi connectivity index (χ3v) is 6.17. The van der Waals surface area contributed by atoms with Gasteiger partial charge in [0.05, 0.1) is 0 Å². The van der Waals surface area contributed by atoms with E-state index in [1.165, 1.54) is 6.92 Å². The van der Waals surface area contributed by atoms with E-state index in [1.54, 1.807) is 12.1 Å². The standard InChI is InChI=1S/C24H27NO5/c1-14-21(24(28)30-17-6-3-4-7-17)22(23-19(25-14)8-5-9-20(23)27)16-10-12-18(13-11-16)29-15(2)26/h10-13,17,21-22H,3-9H2,1-2H3/t21?,22-/m1/s1. The number of rotatable bonds is 4. The van der Waals surface area contributed by atoms with Crippen LogP contribution in [0.1, 0.15) is 70.3 Å². The molecule has 1 aromatic carbocycles. The first-order valence-corrected chi connectivity index (χ1v) is 10.7. The molecule has 0 spiro atoms. The van der Waals surface area contributed by atoms with E-state index >= 15 is 0 Å². The van der Waals surface area contributed by atoms with E-state index in [9.17, 15) is 14.4 Å². The number of hydrogen-bond donors (Lipinski definition) is 0. The Labute approximate surface area is 176 Å². The number of carbonyl (C=O) groups excluding carboxylic acids is 3. The monoisotopic (exact) mass is 409 g/mol. The number of benzene rings is 1. The molecule has 1 fully saturated rings. The Morgan fingerprint density at radius 2 is 1.73 bits per heavy atom. The summed E-state index contributed by atoms with van der Waals surface area (Å²) in [6.07, 6.45) is 5.88. The fraction of sp³-hybridized carbons (Fsp3) is 0.500. The number of allylic oxidation sites excluding steroid dienone is 2. The Morgan fingerprint density at radius 1 is 1.03 bits per heavy atom. The lowest BCUT2D eigenvalue weighted by molar-refractivity contribution is -0.151. The molecule has 0 radical (unpaired) electrons. The third kappa shape index (κ3) is 4.09. The molecule has 0 saturated heterocycles. The molecule has 6 nitrogen and oxygen atoms in total. The summed E-state index contributed by atoms with van der Waals surface area (Å²) in [6, 6.07) is 7.04. The van der Waals surface area contributed by atoms with Gasteiger partial charge in [0.2, 0.25) is 0 Å². The highest BCUT2D eigenvalue weighted by Gasteiger charge is 2.43. The number of ketones is 1. The zero-order valence-corrected chi connectivity index (χ0v) is 17.5. The van der Waals surface area contributed by atoms with Crippen LogP contribution in [0.3, 0.4) is 0 Å². The second-order valence-electron chi connectivity index (χ2n) is 8.35. The number of nitrogens with zero attached hydrogens (tertiary/aromatic N) is 1. The van der Waals surface area contributed by atoms with Crippen LogP contribution in [0, 0.1) is 5.92 Å². The van der Waals surface area contributed by atoms with Crippen LogP contribution in [0.4, 0.5) is 0 Å². The number of carbonyl (C=O) groups is 3. The van der Waals surface area contributed by atoms with Crippen LogP contribution in [0.5, 0.6) is 5.75 Å². The van der Waals surface area contributed by atoms with Gasteiger partial charge in [0.25, 0.3) is 0 Å². The van der Waals surface area contributed by atoms with Gasteiger partial charge in [-0.1, -0.05) is 12.1 Å². The van der Waals surface area contributed by atoms with Gasteiger partial charge in [-0.05, 0) is 63.1 Å². The van der Waals surface area contributed by atoms with Gasteiger partial charge in [0.1, 0.15) is 17.8 Å². The van der Waals surface area contributed by atoms with E-state index < -0.39 is 17.8 Å². The molecule has 1 saturated carbocycles. The molecule has 0 N–H and O–H groups in total. The lowest BCUT2D eigenvalue weighted by Gasteiger charge is -2.35. The SMILES string of the molecule is CC(=O)Oc1ccc([C@H]2C3=C(CCCC3=O)N=C(C)C2C(=O)OC2CCCC2)cc1. The van der Waals surface area contributed by atoms with Crippen molar-refractivity contribution in [3.8, 4) is 5.75 Å². The van der Waals surface area contributed by atoms with E-state index in [0.717, 1.165) is 49.8 Å². The molecule has 4 rings (SSSR count). The Bertz CT molecular complexity index is 921. The van der Waals surface area contributed by atoms with Gasteiger partial charge in [-0.25, -0.2) is 0 Å². The Balaban J connectivity index is 1.71. The lowest BCUT2D eigenvalue weighted by atomic mass is 9.72. The average molecular weight is 409 g/mol. The maximum absolute atomic E-state index is 13.2. The largest absolute Gasteiger partial charge is 0.462 e. The van der Waals surface area contributed by atoms with E-state index in [4.69, 9.17) is 9.47 Å². The van der Waals surface area contributed by atoms with Crippen LogP contribution in [-0.4, -0.2) is 29.5 Å². The van der Waals surface area contributed by atoms with Crippen molar-refractivity contribution in [2.45, 2.75) is 70.8 Å². The summed E-state index contributed by atoms with van der Waals surface area (Å²) in [7, 11) is 0. The van der Waals surface area contributed by atoms with E-state index in [-0.39, 0.29) is 17.9 Å². The predicted octanol–water partition coefficient (Wildman–Crippen LogP) is 4.28. The predicted molar refractivity (Wildman–Crippen MR) is 111 cm³/mol. The molecule has 0 aromatic heterocycles. The van der Waals surface area contributed by atoms with Gasteiger partial charge in [-0.2, -0.15) is 0 Å². The molecule has 1 heterocycles. The normalized spacial score (nSPS) is 24.3. The highest BCUT2D eigenvalue weighted by molar-refractivity contribution is 6.08. The van der Waals surface area contributed by atoms with Gasteiger partial charge in [0.15, 0.2) is 5.78 Å². The van der Waals surface area contributed by atoms with E-state index in [1.807, 2.05) is 19.1 Å². The Morgan fingerprint density at radius 3 is 2.40 bits per heavy atom. The van der Waals surface area contributed by atoms with Crippen LogP contribution in [0.2, 0.25) is 0 Å². The molecule has 0 bridgehead atoms. The number of aliphatic imine (C=N–C) groups is 1. The van der Waals surface area contributed by atoms with Crippen LogP contribution in [0.25, 0.3) is 0 Å². The molecule has 3 aliphatic rings. The second kappa shape index (κ2) is 8.54. The van der Waals surface area contributed by atoms with Crippen LogP contribution in [-0.2, 0) is 19.1 Å². The molecular weight excluding hydrogens is 382 g/mol. The summed E-state index contributed by atoms with van der Waals surface area (Å²) >= 11 is 0. The number of ether oxygens (including phenoxy) is 2. The highest BCUT2D eigenvalue weighted by Crippen LogP contribution is 2.44. The zero-order valence-electron chi connectivity index (χ0n) is 17.5. The summed E-state index contributed by atoms with van der Waals surface area (Å²) in [5.74, 6) is -1.26. The molecule has 158 valence electrons. The quantitative estimate of drug-likeness (QED) is 0.548. The van der Waals surface area contributed by atoms with Gasteiger partial charge in [0, 0.05) is 36.2 Å². The van der Waals surface area contributed by atoms with E-state index in [0.29, 0.717) is 23.5 Å². The zero-order chi connectivity index (χ0) is 21.3. The summed E-state index contributed by atoms with van der Waals surface area (Å²) in [5.41, 5.74) is 2.96. The number of Topliss-reactive ketones (excluding diaryl/α,β-unsaturated/α-hetero) is 1. The van der Waals surface area contributed by atoms with Crippen molar-refractivity contribution in [2.24, 2.45) is 10.9 Å². The Hall–Kier alpha value is -2.76. The molecule has 0 amide bonds. The molecule has 2 atom stereocenters. The first kappa shape index (κ1) is 20.5. The lowest BCUT2D eigenvalue weighted by Crippen LogP contribution is -2.38. The smallest absolute Gasteiger partial charge is 0.315 e. The topological polar surface area (TPSA) is 82.0 Å². The molecule has 1 aromatic rings. The van der Waals surface area contributed by atoms with Crippen LogP contribution in [0.15, 0.2) is 40.5 Å². The van der Waals surface area contributed by atoms with Crippen LogP contribution >= 0.6 is 0 Å². The molecular formula is C24H27NO5. The minimum atomic E-state index is -0.619. The minimum Gasteiger partial charge on any atom is -0.462 e.